The lowest BCUT2D eigenvalue weighted by atomic mass is 10.1. The molecule has 1 fully saturated rings. The lowest BCUT2D eigenvalue weighted by Gasteiger charge is -2.07. The van der Waals surface area contributed by atoms with Crippen LogP contribution in [-0.4, -0.2) is 27.1 Å². The molecule has 3 rings (SSSR count). The van der Waals surface area contributed by atoms with Crippen molar-refractivity contribution in [2.24, 2.45) is 0 Å². The summed E-state index contributed by atoms with van der Waals surface area (Å²) in [7, 11) is 0. The molecule has 24 heavy (non-hydrogen) atoms. The van der Waals surface area contributed by atoms with Crippen LogP contribution in [0, 0.1) is 6.92 Å². The molecule has 4 nitrogen and oxygen atoms in total. The Labute approximate surface area is 149 Å². The Morgan fingerprint density at radius 2 is 1.96 bits per heavy atom. The second kappa shape index (κ2) is 7.85. The zero-order valence-electron chi connectivity index (χ0n) is 13.3. The van der Waals surface area contributed by atoms with E-state index >= 15 is 0 Å². The van der Waals surface area contributed by atoms with Crippen molar-refractivity contribution >= 4 is 34.7 Å². The first-order valence-corrected chi connectivity index (χ1v) is 9.62. The minimum Gasteiger partial charge on any atom is -0.286 e. The normalized spacial score (nSPS) is 17.1. The van der Waals surface area contributed by atoms with Gasteiger partial charge in [0.05, 0.1) is 5.25 Å². The van der Waals surface area contributed by atoms with Crippen LogP contribution in [0.15, 0.2) is 47.4 Å². The van der Waals surface area contributed by atoms with Crippen molar-refractivity contribution in [3.05, 3.63) is 59.4 Å². The van der Waals surface area contributed by atoms with Crippen LogP contribution in [0.5, 0.6) is 0 Å². The Kier molecular flexibility index (Phi) is 5.58. The number of amides is 2. The molecule has 2 aromatic rings. The van der Waals surface area contributed by atoms with Gasteiger partial charge in [-0.05, 0) is 49.6 Å². The first-order chi connectivity index (χ1) is 11.6. The number of benzene rings is 1. The highest BCUT2D eigenvalue weighted by Crippen LogP contribution is 2.25. The van der Waals surface area contributed by atoms with E-state index in [-0.39, 0.29) is 16.4 Å². The number of aryl methyl sites for hydroxylation is 2. The average molecular weight is 358 g/mol. The summed E-state index contributed by atoms with van der Waals surface area (Å²) >= 11 is 2.87. The first-order valence-electron chi connectivity index (χ1n) is 7.76. The maximum absolute atomic E-state index is 11.6. The zero-order chi connectivity index (χ0) is 16.9. The summed E-state index contributed by atoms with van der Waals surface area (Å²) < 4.78 is 0. The van der Waals surface area contributed by atoms with Crippen LogP contribution >= 0.6 is 23.5 Å². The van der Waals surface area contributed by atoms with Gasteiger partial charge in [-0.15, -0.1) is 11.8 Å². The van der Waals surface area contributed by atoms with E-state index in [0.717, 1.165) is 40.9 Å². The summed E-state index contributed by atoms with van der Waals surface area (Å²) in [6, 6.07) is 14.3. The van der Waals surface area contributed by atoms with E-state index < -0.39 is 0 Å². The molecule has 1 aliphatic heterocycles. The van der Waals surface area contributed by atoms with E-state index in [1.807, 2.05) is 31.2 Å². The Balaban J connectivity index is 1.49. The van der Waals surface area contributed by atoms with Crippen LogP contribution < -0.4 is 5.32 Å². The molecule has 2 amide bonds. The SMILES string of the molecule is Cc1cccc(CCSc2ccc(CC3SC(=O)NC3=O)cc2)n1. The topological polar surface area (TPSA) is 59.1 Å². The van der Waals surface area contributed by atoms with E-state index in [4.69, 9.17) is 0 Å². The van der Waals surface area contributed by atoms with Gasteiger partial charge in [0.2, 0.25) is 5.91 Å². The summed E-state index contributed by atoms with van der Waals surface area (Å²) in [6.07, 6.45) is 1.52. The summed E-state index contributed by atoms with van der Waals surface area (Å²) in [4.78, 5) is 28.5. The number of nitrogens with one attached hydrogen (secondary N) is 1. The summed E-state index contributed by atoms with van der Waals surface area (Å²) in [5, 5.41) is 1.77. The number of thioether (sulfide) groups is 2. The van der Waals surface area contributed by atoms with Crippen LogP contribution in [-0.2, 0) is 17.6 Å². The summed E-state index contributed by atoms with van der Waals surface area (Å²) in [6.45, 7) is 2.01. The molecule has 0 bridgehead atoms. The molecule has 1 aliphatic rings. The zero-order valence-corrected chi connectivity index (χ0v) is 15.0. The van der Waals surface area contributed by atoms with E-state index in [0.29, 0.717) is 6.42 Å². The molecular weight excluding hydrogens is 340 g/mol. The second-order valence-corrected chi connectivity index (χ2v) is 7.94. The lowest BCUT2D eigenvalue weighted by molar-refractivity contribution is -0.118. The fraction of sp³-hybridized carbons (Fsp3) is 0.278. The number of carbonyl (C=O) groups is 2. The quantitative estimate of drug-likeness (QED) is 0.799. The Bertz CT molecular complexity index is 747. The molecular formula is C18H18N2O2S2. The number of imide groups is 1. The molecule has 0 saturated carbocycles. The maximum Gasteiger partial charge on any atom is 0.286 e. The van der Waals surface area contributed by atoms with E-state index in [1.165, 1.54) is 4.90 Å². The molecule has 1 N–H and O–H groups in total. The van der Waals surface area contributed by atoms with Gasteiger partial charge in [-0.1, -0.05) is 30.0 Å². The number of hydrogen-bond donors (Lipinski definition) is 1. The van der Waals surface area contributed by atoms with Gasteiger partial charge < -0.3 is 0 Å². The molecule has 124 valence electrons. The third-order valence-electron chi connectivity index (χ3n) is 3.68. The van der Waals surface area contributed by atoms with Crippen molar-refractivity contribution < 1.29 is 9.59 Å². The van der Waals surface area contributed by atoms with Crippen molar-refractivity contribution in [1.29, 1.82) is 0 Å². The van der Waals surface area contributed by atoms with Crippen molar-refractivity contribution in [3.8, 4) is 0 Å². The van der Waals surface area contributed by atoms with Gasteiger partial charge in [-0.3, -0.25) is 19.9 Å². The molecule has 1 aromatic carbocycles. The highest BCUT2D eigenvalue weighted by atomic mass is 32.2. The van der Waals surface area contributed by atoms with Crippen LogP contribution in [0.2, 0.25) is 0 Å². The van der Waals surface area contributed by atoms with Crippen LogP contribution in [0.25, 0.3) is 0 Å². The summed E-state index contributed by atoms with van der Waals surface area (Å²) in [5.74, 6) is 0.791. The minimum absolute atomic E-state index is 0.186. The standard InChI is InChI=1S/C18H18N2O2S2/c1-12-3-2-4-14(19-12)9-10-23-15-7-5-13(6-8-15)11-16-17(21)20-18(22)24-16/h2-8,16H,9-11H2,1H3,(H,20,21,22). The predicted octanol–water partition coefficient (Wildman–Crippen LogP) is 3.62. The van der Waals surface area contributed by atoms with Crippen molar-refractivity contribution in [3.63, 3.8) is 0 Å². The maximum atomic E-state index is 11.6. The van der Waals surface area contributed by atoms with E-state index in [1.54, 1.807) is 11.8 Å². The highest BCUT2D eigenvalue weighted by Gasteiger charge is 2.31. The van der Waals surface area contributed by atoms with E-state index in [2.05, 4.69) is 28.5 Å². The number of aromatic nitrogens is 1. The van der Waals surface area contributed by atoms with Gasteiger partial charge >= 0.3 is 0 Å². The van der Waals surface area contributed by atoms with Crippen LogP contribution in [0.4, 0.5) is 4.79 Å². The molecule has 0 aliphatic carbocycles. The molecule has 1 saturated heterocycles. The Hall–Kier alpha value is -1.79. The molecule has 1 aromatic heterocycles. The average Bonchev–Trinajstić information content (AvgIpc) is 2.87. The van der Waals surface area contributed by atoms with Gasteiger partial charge in [0.15, 0.2) is 0 Å². The van der Waals surface area contributed by atoms with Crippen molar-refractivity contribution in [2.45, 2.75) is 29.9 Å². The van der Waals surface area contributed by atoms with E-state index in [9.17, 15) is 9.59 Å². The number of nitrogens with zero attached hydrogens (tertiary/aromatic N) is 1. The molecule has 2 heterocycles. The third-order valence-corrected chi connectivity index (χ3v) is 5.68. The molecule has 6 heteroatoms. The van der Waals surface area contributed by atoms with Crippen molar-refractivity contribution in [1.82, 2.24) is 10.3 Å². The summed E-state index contributed by atoms with van der Waals surface area (Å²) in [5.41, 5.74) is 3.24. The van der Waals surface area contributed by atoms with Crippen LogP contribution in [0.1, 0.15) is 17.0 Å². The van der Waals surface area contributed by atoms with Gasteiger partial charge in [-0.25, -0.2) is 0 Å². The molecule has 1 unspecified atom stereocenters. The Morgan fingerprint density at radius 1 is 1.17 bits per heavy atom. The molecule has 0 spiro atoms. The third kappa shape index (κ3) is 4.61. The fourth-order valence-electron chi connectivity index (χ4n) is 2.48. The fourth-order valence-corrected chi connectivity index (χ4v) is 4.21. The monoisotopic (exact) mass is 358 g/mol. The van der Waals surface area contributed by atoms with Gasteiger partial charge in [0, 0.05) is 22.0 Å². The van der Waals surface area contributed by atoms with Gasteiger partial charge in [0.1, 0.15) is 0 Å². The smallest absolute Gasteiger partial charge is 0.286 e. The number of rotatable bonds is 6. The minimum atomic E-state index is -0.302. The predicted molar refractivity (Wildman–Crippen MR) is 98.5 cm³/mol. The van der Waals surface area contributed by atoms with Gasteiger partial charge in [0.25, 0.3) is 5.24 Å². The first kappa shape index (κ1) is 17.0. The number of hydrogen-bond acceptors (Lipinski definition) is 5. The molecule has 0 radical (unpaired) electrons. The lowest BCUT2D eigenvalue weighted by Crippen LogP contribution is -2.25. The highest BCUT2D eigenvalue weighted by molar-refractivity contribution is 8.15. The van der Waals surface area contributed by atoms with Crippen LogP contribution in [0.3, 0.4) is 0 Å². The van der Waals surface area contributed by atoms with Crippen molar-refractivity contribution in [2.75, 3.05) is 5.75 Å². The van der Waals surface area contributed by atoms with Gasteiger partial charge in [-0.2, -0.15) is 0 Å². The Morgan fingerprint density at radius 3 is 2.62 bits per heavy atom. The number of carbonyl (C=O) groups excluding carboxylic acids is 2. The largest absolute Gasteiger partial charge is 0.286 e. The second-order valence-electron chi connectivity index (χ2n) is 5.60. The molecule has 1 atom stereocenters. The number of pyridine rings is 1.